The van der Waals surface area contributed by atoms with Gasteiger partial charge in [0.25, 0.3) is 5.56 Å². The third-order valence-electron chi connectivity index (χ3n) is 4.57. The zero-order valence-electron chi connectivity index (χ0n) is 16.0. The number of benzene rings is 1. The highest BCUT2D eigenvalue weighted by atomic mass is 35.5. The molecule has 1 aromatic carbocycles. The molecule has 9 heteroatoms. The van der Waals surface area contributed by atoms with Crippen LogP contribution in [0.4, 0.5) is 0 Å². The standard InChI is InChI=1S/C21H16Cl2N2O3S2/c1-3-28-20(27)17-11(2)24-21-25(18(17)15-5-4-8-29-15)19(26)16(30-21)10-12-6-7-13(22)14(23)9-12/h4-10,18H,3H2,1-2H3/b16-10-/t18-/m1/s1. The van der Waals surface area contributed by atoms with Crippen LogP contribution in [0.1, 0.15) is 30.3 Å². The number of hydrogen-bond donors (Lipinski definition) is 0. The Morgan fingerprint density at radius 3 is 2.77 bits per heavy atom. The predicted molar refractivity (Wildman–Crippen MR) is 121 cm³/mol. The second-order valence-corrected chi connectivity index (χ2v) is 9.29. The molecular weight excluding hydrogens is 463 g/mol. The summed E-state index contributed by atoms with van der Waals surface area (Å²) in [5, 5.41) is 2.77. The van der Waals surface area contributed by atoms with Gasteiger partial charge in [-0.05, 0) is 49.1 Å². The number of thiophene rings is 1. The molecule has 0 amide bonds. The van der Waals surface area contributed by atoms with E-state index in [1.807, 2.05) is 17.5 Å². The number of esters is 1. The average molecular weight is 479 g/mol. The smallest absolute Gasteiger partial charge is 0.338 e. The molecule has 30 heavy (non-hydrogen) atoms. The third kappa shape index (κ3) is 3.78. The molecule has 5 nitrogen and oxygen atoms in total. The highest BCUT2D eigenvalue weighted by molar-refractivity contribution is 7.10. The van der Waals surface area contributed by atoms with E-state index < -0.39 is 12.0 Å². The Balaban J connectivity index is 1.93. The SMILES string of the molecule is CCOC(=O)C1=C(C)N=c2s/c(=C\c3ccc(Cl)c(Cl)c3)c(=O)n2[C@@H]1c1cccs1. The normalized spacial score (nSPS) is 16.4. The van der Waals surface area contributed by atoms with Gasteiger partial charge in [0, 0.05) is 4.88 Å². The predicted octanol–water partition coefficient (Wildman–Crippen LogP) is 4.17. The molecule has 1 atom stereocenters. The molecule has 1 aliphatic rings. The maximum absolute atomic E-state index is 13.4. The van der Waals surface area contributed by atoms with Gasteiger partial charge < -0.3 is 4.74 Å². The molecule has 0 spiro atoms. The fraction of sp³-hybridized carbons (Fsp3) is 0.190. The molecule has 3 heterocycles. The number of aromatic nitrogens is 1. The number of thiazole rings is 1. The van der Waals surface area contributed by atoms with E-state index in [0.29, 0.717) is 30.6 Å². The van der Waals surface area contributed by atoms with E-state index in [-0.39, 0.29) is 12.2 Å². The van der Waals surface area contributed by atoms with Crippen molar-refractivity contribution < 1.29 is 9.53 Å². The number of allylic oxidation sites excluding steroid dienone is 1. The highest BCUT2D eigenvalue weighted by Crippen LogP contribution is 2.33. The lowest BCUT2D eigenvalue weighted by Crippen LogP contribution is -2.39. The molecule has 0 fully saturated rings. The van der Waals surface area contributed by atoms with Gasteiger partial charge in [0.15, 0.2) is 4.80 Å². The van der Waals surface area contributed by atoms with Crippen molar-refractivity contribution in [3.8, 4) is 0 Å². The van der Waals surface area contributed by atoms with Gasteiger partial charge in [-0.25, -0.2) is 9.79 Å². The first-order chi connectivity index (χ1) is 14.4. The molecule has 0 aliphatic carbocycles. The average Bonchev–Trinajstić information content (AvgIpc) is 3.33. The lowest BCUT2D eigenvalue weighted by atomic mass is 10.0. The second-order valence-electron chi connectivity index (χ2n) is 6.49. The molecule has 3 aromatic rings. The number of carbonyl (C=O) groups excluding carboxylic acids is 1. The van der Waals surface area contributed by atoms with E-state index in [9.17, 15) is 9.59 Å². The van der Waals surface area contributed by atoms with E-state index in [1.54, 1.807) is 42.7 Å². The monoisotopic (exact) mass is 478 g/mol. The molecule has 0 radical (unpaired) electrons. The van der Waals surface area contributed by atoms with E-state index in [0.717, 1.165) is 10.4 Å². The lowest BCUT2D eigenvalue weighted by molar-refractivity contribution is -0.139. The summed E-state index contributed by atoms with van der Waals surface area (Å²) in [6.07, 6.45) is 1.75. The summed E-state index contributed by atoms with van der Waals surface area (Å²) in [6, 6.07) is 8.40. The second kappa shape index (κ2) is 8.51. The topological polar surface area (TPSA) is 60.7 Å². The molecule has 154 valence electrons. The summed E-state index contributed by atoms with van der Waals surface area (Å²) in [7, 11) is 0. The fourth-order valence-electron chi connectivity index (χ4n) is 3.26. The number of fused-ring (bicyclic) bond motifs is 1. The Hall–Kier alpha value is -2.19. The van der Waals surface area contributed by atoms with Gasteiger partial charge in [-0.3, -0.25) is 9.36 Å². The first-order valence-electron chi connectivity index (χ1n) is 9.08. The van der Waals surface area contributed by atoms with Crippen LogP contribution in [0.15, 0.2) is 56.8 Å². The summed E-state index contributed by atoms with van der Waals surface area (Å²) in [4.78, 5) is 32.0. The molecule has 4 rings (SSSR count). The Morgan fingerprint density at radius 1 is 1.30 bits per heavy atom. The van der Waals surface area contributed by atoms with Gasteiger partial charge in [-0.15, -0.1) is 11.3 Å². The quantitative estimate of drug-likeness (QED) is 0.528. The largest absolute Gasteiger partial charge is 0.463 e. The zero-order valence-corrected chi connectivity index (χ0v) is 19.2. The number of hydrogen-bond acceptors (Lipinski definition) is 6. The summed E-state index contributed by atoms with van der Waals surface area (Å²) in [5.41, 5.74) is 1.46. The van der Waals surface area contributed by atoms with Crippen LogP contribution in [-0.2, 0) is 9.53 Å². The Bertz CT molecular complexity index is 1340. The van der Waals surface area contributed by atoms with Crippen LogP contribution in [-0.4, -0.2) is 17.1 Å². The van der Waals surface area contributed by atoms with Gasteiger partial charge in [-0.1, -0.05) is 46.7 Å². The minimum Gasteiger partial charge on any atom is -0.463 e. The van der Waals surface area contributed by atoms with Crippen molar-refractivity contribution in [2.45, 2.75) is 19.9 Å². The van der Waals surface area contributed by atoms with Crippen molar-refractivity contribution in [2.75, 3.05) is 6.61 Å². The number of nitrogens with zero attached hydrogens (tertiary/aromatic N) is 2. The van der Waals surface area contributed by atoms with E-state index in [2.05, 4.69) is 4.99 Å². The Kier molecular flexibility index (Phi) is 5.97. The summed E-state index contributed by atoms with van der Waals surface area (Å²) >= 11 is 14.8. The molecule has 0 N–H and O–H groups in total. The van der Waals surface area contributed by atoms with Crippen molar-refractivity contribution in [1.82, 2.24) is 4.57 Å². The van der Waals surface area contributed by atoms with Crippen LogP contribution >= 0.6 is 45.9 Å². The minimum atomic E-state index is -0.573. The molecule has 0 bridgehead atoms. The maximum Gasteiger partial charge on any atom is 0.338 e. The molecule has 2 aromatic heterocycles. The van der Waals surface area contributed by atoms with Crippen molar-refractivity contribution >= 4 is 57.9 Å². The molecular formula is C21H16Cl2N2O3S2. The number of rotatable bonds is 4. The van der Waals surface area contributed by atoms with Crippen LogP contribution < -0.4 is 14.9 Å². The number of halogens is 2. The van der Waals surface area contributed by atoms with Crippen molar-refractivity contribution in [1.29, 1.82) is 0 Å². The molecule has 0 saturated carbocycles. The number of carbonyl (C=O) groups is 1. The molecule has 0 unspecified atom stereocenters. The van der Waals surface area contributed by atoms with Crippen molar-refractivity contribution in [3.63, 3.8) is 0 Å². The fourth-order valence-corrected chi connectivity index (χ4v) is 5.44. The van der Waals surface area contributed by atoms with Gasteiger partial charge >= 0.3 is 5.97 Å². The first-order valence-corrected chi connectivity index (χ1v) is 11.5. The minimum absolute atomic E-state index is 0.225. The van der Waals surface area contributed by atoms with Gasteiger partial charge in [0.05, 0.1) is 32.5 Å². The van der Waals surface area contributed by atoms with E-state index >= 15 is 0 Å². The van der Waals surface area contributed by atoms with Gasteiger partial charge in [0.1, 0.15) is 6.04 Å². The van der Waals surface area contributed by atoms with Crippen molar-refractivity contribution in [3.05, 3.63) is 87.2 Å². The first kappa shape index (κ1) is 21.1. The maximum atomic E-state index is 13.4. The van der Waals surface area contributed by atoms with Crippen LogP contribution in [0.5, 0.6) is 0 Å². The highest BCUT2D eigenvalue weighted by Gasteiger charge is 2.33. The van der Waals surface area contributed by atoms with Crippen LogP contribution in [0, 0.1) is 0 Å². The zero-order chi connectivity index (χ0) is 21.4. The lowest BCUT2D eigenvalue weighted by Gasteiger charge is -2.23. The van der Waals surface area contributed by atoms with E-state index in [4.69, 9.17) is 27.9 Å². The summed E-state index contributed by atoms with van der Waals surface area (Å²) in [6.45, 7) is 3.76. The van der Waals surface area contributed by atoms with Crippen LogP contribution in [0.2, 0.25) is 10.0 Å². The summed E-state index contributed by atoms with van der Waals surface area (Å²) < 4.78 is 7.32. The van der Waals surface area contributed by atoms with E-state index in [1.165, 1.54) is 22.7 Å². The molecule has 1 aliphatic heterocycles. The van der Waals surface area contributed by atoms with Crippen molar-refractivity contribution in [2.24, 2.45) is 4.99 Å². The Labute approximate surface area is 190 Å². The third-order valence-corrected chi connectivity index (χ3v) is 7.22. The van der Waals surface area contributed by atoms with Gasteiger partial charge in [0.2, 0.25) is 0 Å². The summed E-state index contributed by atoms with van der Waals surface area (Å²) in [5.74, 6) is -0.462. The number of ether oxygens (including phenoxy) is 1. The Morgan fingerprint density at radius 2 is 2.10 bits per heavy atom. The molecule has 0 saturated heterocycles. The van der Waals surface area contributed by atoms with Gasteiger partial charge in [-0.2, -0.15) is 0 Å². The van der Waals surface area contributed by atoms with Crippen LogP contribution in [0.25, 0.3) is 6.08 Å². The van der Waals surface area contributed by atoms with Crippen LogP contribution in [0.3, 0.4) is 0 Å².